The summed E-state index contributed by atoms with van der Waals surface area (Å²) in [7, 11) is 0. The van der Waals surface area contributed by atoms with Gasteiger partial charge in [0.05, 0.1) is 11.7 Å². The Morgan fingerprint density at radius 3 is 2.87 bits per heavy atom. The first-order valence-corrected chi connectivity index (χ1v) is 8.09. The molecule has 0 bridgehead atoms. The minimum atomic E-state index is -0.874. The number of hydrogen-bond acceptors (Lipinski definition) is 4. The van der Waals surface area contributed by atoms with Gasteiger partial charge in [-0.15, -0.1) is 11.3 Å². The normalized spacial score (nSPS) is 20.8. The molecule has 2 heterocycles. The number of nitrogens with two attached hydrogens (primary N) is 1. The van der Waals surface area contributed by atoms with Crippen LogP contribution < -0.4 is 11.1 Å². The van der Waals surface area contributed by atoms with Gasteiger partial charge in [0.15, 0.2) is 11.6 Å². The summed E-state index contributed by atoms with van der Waals surface area (Å²) in [4.78, 5) is 12.1. The van der Waals surface area contributed by atoms with Crippen LogP contribution in [0.4, 0.5) is 8.78 Å². The van der Waals surface area contributed by atoms with E-state index in [4.69, 9.17) is 10.5 Å². The number of hydrogen-bond donors (Lipinski definition) is 2. The first-order valence-electron chi connectivity index (χ1n) is 7.22. The summed E-state index contributed by atoms with van der Waals surface area (Å²) in [5.41, 5.74) is 6.34. The molecule has 7 heteroatoms. The SMILES string of the molecule is NC(=O)c1csc(CNC2CCOC2c2ccc(F)c(F)c2)c1. The van der Waals surface area contributed by atoms with Crippen molar-refractivity contribution in [1.82, 2.24) is 5.32 Å². The fraction of sp³-hybridized carbons (Fsp3) is 0.312. The van der Waals surface area contributed by atoms with E-state index in [2.05, 4.69) is 5.32 Å². The van der Waals surface area contributed by atoms with E-state index >= 15 is 0 Å². The van der Waals surface area contributed by atoms with Gasteiger partial charge >= 0.3 is 0 Å². The Bertz CT molecular complexity index is 720. The molecule has 0 aliphatic carbocycles. The van der Waals surface area contributed by atoms with Crippen LogP contribution in [0.1, 0.15) is 33.3 Å². The molecule has 3 N–H and O–H groups in total. The van der Waals surface area contributed by atoms with Gasteiger partial charge in [-0.3, -0.25) is 4.79 Å². The largest absolute Gasteiger partial charge is 0.372 e. The van der Waals surface area contributed by atoms with E-state index in [-0.39, 0.29) is 12.1 Å². The van der Waals surface area contributed by atoms with Crippen molar-refractivity contribution in [2.75, 3.05) is 6.61 Å². The number of primary amides is 1. The second kappa shape index (κ2) is 6.74. The van der Waals surface area contributed by atoms with Gasteiger partial charge in [-0.05, 0) is 30.2 Å². The number of benzene rings is 1. The Morgan fingerprint density at radius 2 is 2.17 bits per heavy atom. The Kier molecular flexibility index (Phi) is 4.70. The molecule has 0 radical (unpaired) electrons. The van der Waals surface area contributed by atoms with Crippen LogP contribution in [0.2, 0.25) is 0 Å². The van der Waals surface area contributed by atoms with Gasteiger partial charge in [0.1, 0.15) is 0 Å². The van der Waals surface area contributed by atoms with Gasteiger partial charge in [0, 0.05) is 29.5 Å². The third-order valence-electron chi connectivity index (χ3n) is 3.84. The van der Waals surface area contributed by atoms with Crippen LogP contribution in [-0.2, 0) is 11.3 Å². The number of carbonyl (C=O) groups excluding carboxylic acids is 1. The lowest BCUT2D eigenvalue weighted by Gasteiger charge is -2.20. The molecule has 4 nitrogen and oxygen atoms in total. The average molecular weight is 338 g/mol. The molecule has 3 rings (SSSR count). The van der Waals surface area contributed by atoms with E-state index in [1.54, 1.807) is 17.5 Å². The molecule has 0 saturated carbocycles. The number of amides is 1. The molecule has 1 aromatic heterocycles. The summed E-state index contributed by atoms with van der Waals surface area (Å²) in [6, 6.07) is 5.58. The molecule has 1 saturated heterocycles. The highest BCUT2D eigenvalue weighted by molar-refractivity contribution is 7.10. The van der Waals surface area contributed by atoms with E-state index < -0.39 is 17.5 Å². The molecule has 1 aliphatic rings. The summed E-state index contributed by atoms with van der Waals surface area (Å²) in [5, 5.41) is 5.07. The smallest absolute Gasteiger partial charge is 0.249 e. The second-order valence-corrected chi connectivity index (χ2v) is 6.40. The quantitative estimate of drug-likeness (QED) is 0.881. The Balaban J connectivity index is 1.66. The fourth-order valence-corrected chi connectivity index (χ4v) is 3.47. The molecule has 1 aliphatic heterocycles. The summed E-state index contributed by atoms with van der Waals surface area (Å²) in [6.07, 6.45) is 0.457. The molecule has 1 aromatic carbocycles. The topological polar surface area (TPSA) is 64.4 Å². The van der Waals surface area contributed by atoms with Crippen molar-refractivity contribution >= 4 is 17.2 Å². The monoisotopic (exact) mass is 338 g/mol. The lowest BCUT2D eigenvalue weighted by atomic mass is 10.0. The van der Waals surface area contributed by atoms with Gasteiger partial charge in [0.2, 0.25) is 5.91 Å². The first-order chi connectivity index (χ1) is 11.0. The van der Waals surface area contributed by atoms with Crippen LogP contribution in [0.5, 0.6) is 0 Å². The van der Waals surface area contributed by atoms with Crippen molar-refractivity contribution in [3.8, 4) is 0 Å². The molecule has 23 heavy (non-hydrogen) atoms. The molecule has 1 amide bonds. The van der Waals surface area contributed by atoms with Crippen molar-refractivity contribution in [2.24, 2.45) is 5.73 Å². The molecule has 2 unspecified atom stereocenters. The summed E-state index contributed by atoms with van der Waals surface area (Å²) < 4.78 is 32.1. The van der Waals surface area contributed by atoms with Crippen molar-refractivity contribution < 1.29 is 18.3 Å². The Hall–Kier alpha value is -1.83. The Labute approximate surface area is 136 Å². The van der Waals surface area contributed by atoms with Crippen molar-refractivity contribution in [1.29, 1.82) is 0 Å². The van der Waals surface area contributed by atoms with Crippen LogP contribution in [0.15, 0.2) is 29.6 Å². The second-order valence-electron chi connectivity index (χ2n) is 5.41. The summed E-state index contributed by atoms with van der Waals surface area (Å²) >= 11 is 1.45. The zero-order chi connectivity index (χ0) is 16.4. The van der Waals surface area contributed by atoms with Crippen molar-refractivity contribution in [3.05, 3.63) is 57.3 Å². The summed E-state index contributed by atoms with van der Waals surface area (Å²) in [5.74, 6) is -2.19. The standard InChI is InChI=1S/C16H16F2N2O2S/c17-12-2-1-9(6-13(12)18)15-14(3-4-22-15)20-7-11-5-10(8-23-11)16(19)21/h1-2,5-6,8,14-15,20H,3-4,7H2,(H2,19,21). The van der Waals surface area contributed by atoms with Crippen LogP contribution in [-0.4, -0.2) is 18.6 Å². The highest BCUT2D eigenvalue weighted by atomic mass is 32.1. The van der Waals surface area contributed by atoms with Crippen LogP contribution >= 0.6 is 11.3 Å². The van der Waals surface area contributed by atoms with E-state index in [9.17, 15) is 13.6 Å². The van der Waals surface area contributed by atoms with Crippen LogP contribution in [0, 0.1) is 11.6 Å². The number of ether oxygens (including phenoxy) is 1. The minimum Gasteiger partial charge on any atom is -0.372 e. The number of carbonyl (C=O) groups is 1. The number of halogens is 2. The van der Waals surface area contributed by atoms with Crippen LogP contribution in [0.25, 0.3) is 0 Å². The van der Waals surface area contributed by atoms with E-state index in [1.807, 2.05) is 0 Å². The number of nitrogens with one attached hydrogen (secondary N) is 1. The molecule has 2 atom stereocenters. The summed E-state index contributed by atoms with van der Waals surface area (Å²) in [6.45, 7) is 1.12. The van der Waals surface area contributed by atoms with Crippen molar-refractivity contribution in [3.63, 3.8) is 0 Å². The lowest BCUT2D eigenvalue weighted by Crippen LogP contribution is -2.31. The zero-order valence-corrected chi connectivity index (χ0v) is 13.0. The van der Waals surface area contributed by atoms with Gasteiger partial charge in [-0.1, -0.05) is 6.07 Å². The maximum absolute atomic E-state index is 13.4. The highest BCUT2D eigenvalue weighted by Gasteiger charge is 2.30. The highest BCUT2D eigenvalue weighted by Crippen LogP contribution is 2.30. The predicted molar refractivity (Wildman–Crippen MR) is 83.1 cm³/mol. The predicted octanol–water partition coefficient (Wildman–Crippen LogP) is 2.75. The zero-order valence-electron chi connectivity index (χ0n) is 12.2. The first kappa shape index (κ1) is 16.0. The third kappa shape index (κ3) is 3.57. The van der Waals surface area contributed by atoms with E-state index in [1.165, 1.54) is 17.4 Å². The molecular weight excluding hydrogens is 322 g/mol. The number of rotatable bonds is 5. The molecular formula is C16H16F2N2O2S. The molecule has 2 aromatic rings. The van der Waals surface area contributed by atoms with Crippen LogP contribution in [0.3, 0.4) is 0 Å². The number of thiophene rings is 1. The fourth-order valence-electron chi connectivity index (χ4n) is 2.65. The third-order valence-corrected chi connectivity index (χ3v) is 4.78. The van der Waals surface area contributed by atoms with E-state index in [0.29, 0.717) is 24.3 Å². The lowest BCUT2D eigenvalue weighted by molar-refractivity contribution is 0.0981. The average Bonchev–Trinajstić information content (AvgIpc) is 3.16. The molecule has 0 spiro atoms. The Morgan fingerprint density at radius 1 is 1.35 bits per heavy atom. The van der Waals surface area contributed by atoms with Crippen molar-refractivity contribution in [2.45, 2.75) is 25.1 Å². The van der Waals surface area contributed by atoms with Gasteiger partial charge < -0.3 is 15.8 Å². The van der Waals surface area contributed by atoms with Gasteiger partial charge in [-0.25, -0.2) is 8.78 Å². The van der Waals surface area contributed by atoms with E-state index in [0.717, 1.165) is 17.4 Å². The maximum Gasteiger partial charge on any atom is 0.249 e. The van der Waals surface area contributed by atoms with Gasteiger partial charge in [-0.2, -0.15) is 0 Å². The molecule has 1 fully saturated rings. The maximum atomic E-state index is 13.4. The van der Waals surface area contributed by atoms with Gasteiger partial charge in [0.25, 0.3) is 0 Å². The minimum absolute atomic E-state index is 0.000936. The molecule has 122 valence electrons.